The van der Waals surface area contributed by atoms with Crippen LogP contribution in [0, 0.1) is 0 Å². The summed E-state index contributed by atoms with van der Waals surface area (Å²) in [5, 5.41) is 8.17. The maximum atomic E-state index is 4.56. The summed E-state index contributed by atoms with van der Waals surface area (Å²) in [6, 6.07) is 2.82. The first-order chi connectivity index (χ1) is 8.98. The number of aromatic nitrogens is 2. The van der Waals surface area contributed by atoms with Crippen molar-refractivity contribution in [3.05, 3.63) is 17.5 Å². The molecule has 0 amide bonds. The van der Waals surface area contributed by atoms with Gasteiger partial charge in [-0.15, -0.1) is 0 Å². The summed E-state index contributed by atoms with van der Waals surface area (Å²) in [4.78, 5) is 2.62. The molecule has 1 aromatic heterocycles. The quantitative estimate of drug-likeness (QED) is 0.902. The smallest absolute Gasteiger partial charge is 0.0625 e. The lowest BCUT2D eigenvalue weighted by Crippen LogP contribution is -2.61. The molecule has 108 valence electrons. The highest BCUT2D eigenvalue weighted by atomic mass is 15.3. The Labute approximate surface area is 117 Å². The zero-order valence-electron chi connectivity index (χ0n) is 13.0. The lowest BCUT2D eigenvalue weighted by Gasteiger charge is -2.47. The highest BCUT2D eigenvalue weighted by molar-refractivity contribution is 5.11. The number of aryl methyl sites for hydroxylation is 2. The number of nitrogens with zero attached hydrogens (tertiary/aromatic N) is 3. The molecule has 2 rings (SSSR count). The number of rotatable bonds is 4. The molecule has 2 atom stereocenters. The van der Waals surface area contributed by atoms with E-state index < -0.39 is 0 Å². The van der Waals surface area contributed by atoms with E-state index in [0.717, 1.165) is 26.1 Å². The van der Waals surface area contributed by atoms with Crippen LogP contribution in [0.25, 0.3) is 0 Å². The fourth-order valence-electron chi connectivity index (χ4n) is 2.81. The molecule has 1 aliphatic heterocycles. The van der Waals surface area contributed by atoms with Crippen LogP contribution in [0.15, 0.2) is 6.07 Å². The summed E-state index contributed by atoms with van der Waals surface area (Å²) >= 11 is 0. The Bertz CT molecular complexity index is 426. The van der Waals surface area contributed by atoms with Crippen LogP contribution in [0.3, 0.4) is 0 Å². The molecule has 0 aliphatic carbocycles. The first kappa shape index (κ1) is 14.5. The van der Waals surface area contributed by atoms with Gasteiger partial charge in [-0.1, -0.05) is 13.8 Å². The average Bonchev–Trinajstić information content (AvgIpc) is 2.75. The SMILES string of the molecule is CCc1cc(CN2CC(C)NCC2(C)CC)n(C)n1. The molecule has 19 heavy (non-hydrogen) atoms. The van der Waals surface area contributed by atoms with Crippen LogP contribution in [0.2, 0.25) is 0 Å². The van der Waals surface area contributed by atoms with Crippen molar-refractivity contribution in [2.24, 2.45) is 7.05 Å². The average molecular weight is 264 g/mol. The van der Waals surface area contributed by atoms with Crippen molar-refractivity contribution in [1.82, 2.24) is 20.0 Å². The number of nitrogens with one attached hydrogen (secondary N) is 1. The molecule has 1 N–H and O–H groups in total. The standard InChI is InChI=1S/C15H28N4/c1-6-13-8-14(18(5)17-13)10-19-9-12(3)16-11-15(19,4)7-2/h8,12,16H,6-7,9-11H2,1-5H3. The first-order valence-electron chi connectivity index (χ1n) is 7.48. The van der Waals surface area contributed by atoms with E-state index in [0.29, 0.717) is 6.04 Å². The van der Waals surface area contributed by atoms with Crippen LogP contribution in [0.5, 0.6) is 0 Å². The van der Waals surface area contributed by atoms with E-state index in [-0.39, 0.29) is 5.54 Å². The number of piperazine rings is 1. The minimum atomic E-state index is 0.253. The molecule has 0 aromatic carbocycles. The molecule has 1 aromatic rings. The van der Waals surface area contributed by atoms with E-state index in [9.17, 15) is 0 Å². The van der Waals surface area contributed by atoms with Gasteiger partial charge in [-0.2, -0.15) is 5.10 Å². The number of hydrogen-bond acceptors (Lipinski definition) is 3. The maximum Gasteiger partial charge on any atom is 0.0625 e. The predicted octanol–water partition coefficient (Wildman–Crippen LogP) is 1.94. The van der Waals surface area contributed by atoms with Crippen LogP contribution in [-0.4, -0.2) is 39.4 Å². The van der Waals surface area contributed by atoms with Gasteiger partial charge in [0.1, 0.15) is 0 Å². The van der Waals surface area contributed by atoms with E-state index in [2.05, 4.69) is 56.1 Å². The highest BCUT2D eigenvalue weighted by Gasteiger charge is 2.35. The minimum absolute atomic E-state index is 0.253. The summed E-state index contributed by atoms with van der Waals surface area (Å²) in [6.45, 7) is 12.3. The first-order valence-corrected chi connectivity index (χ1v) is 7.48. The maximum absolute atomic E-state index is 4.56. The fourth-order valence-corrected chi connectivity index (χ4v) is 2.81. The van der Waals surface area contributed by atoms with Gasteiger partial charge in [-0.25, -0.2) is 0 Å². The third kappa shape index (κ3) is 3.00. The second-order valence-electron chi connectivity index (χ2n) is 6.12. The normalized spacial score (nSPS) is 28.8. The lowest BCUT2D eigenvalue weighted by molar-refractivity contribution is 0.0432. The molecule has 0 bridgehead atoms. The van der Waals surface area contributed by atoms with Gasteiger partial charge in [-0.05, 0) is 32.8 Å². The Morgan fingerprint density at radius 2 is 2.21 bits per heavy atom. The third-order valence-corrected chi connectivity index (χ3v) is 4.59. The Morgan fingerprint density at radius 1 is 1.47 bits per heavy atom. The van der Waals surface area contributed by atoms with Crippen molar-refractivity contribution in [1.29, 1.82) is 0 Å². The highest BCUT2D eigenvalue weighted by Crippen LogP contribution is 2.25. The molecule has 1 saturated heterocycles. The Hall–Kier alpha value is -0.870. The summed E-state index contributed by atoms with van der Waals surface area (Å²) in [5.41, 5.74) is 2.77. The molecule has 1 aliphatic rings. The summed E-state index contributed by atoms with van der Waals surface area (Å²) in [7, 11) is 2.06. The van der Waals surface area contributed by atoms with Crippen molar-refractivity contribution in [2.75, 3.05) is 13.1 Å². The number of hydrogen-bond donors (Lipinski definition) is 1. The predicted molar refractivity (Wildman–Crippen MR) is 79.2 cm³/mol. The van der Waals surface area contributed by atoms with Crippen LogP contribution in [0.4, 0.5) is 0 Å². The Morgan fingerprint density at radius 3 is 2.79 bits per heavy atom. The minimum Gasteiger partial charge on any atom is -0.311 e. The summed E-state index contributed by atoms with van der Waals surface area (Å²) in [6.07, 6.45) is 2.18. The topological polar surface area (TPSA) is 33.1 Å². The molecule has 0 radical (unpaired) electrons. The third-order valence-electron chi connectivity index (χ3n) is 4.59. The van der Waals surface area contributed by atoms with E-state index in [1.54, 1.807) is 0 Å². The van der Waals surface area contributed by atoms with Crippen LogP contribution >= 0.6 is 0 Å². The Balaban J connectivity index is 2.16. The molecule has 4 heteroatoms. The van der Waals surface area contributed by atoms with Gasteiger partial charge in [0.25, 0.3) is 0 Å². The monoisotopic (exact) mass is 264 g/mol. The molecule has 0 spiro atoms. The van der Waals surface area contributed by atoms with Gasteiger partial charge in [0.2, 0.25) is 0 Å². The van der Waals surface area contributed by atoms with Crippen molar-refractivity contribution in [3.8, 4) is 0 Å². The van der Waals surface area contributed by atoms with E-state index in [1.807, 2.05) is 4.68 Å². The second kappa shape index (κ2) is 5.63. The van der Waals surface area contributed by atoms with Gasteiger partial charge in [0.15, 0.2) is 0 Å². The van der Waals surface area contributed by atoms with E-state index >= 15 is 0 Å². The van der Waals surface area contributed by atoms with Gasteiger partial charge in [0.05, 0.1) is 11.4 Å². The molecule has 2 unspecified atom stereocenters. The van der Waals surface area contributed by atoms with E-state index in [4.69, 9.17) is 0 Å². The fraction of sp³-hybridized carbons (Fsp3) is 0.800. The van der Waals surface area contributed by atoms with Crippen LogP contribution < -0.4 is 5.32 Å². The lowest BCUT2D eigenvalue weighted by atomic mass is 9.92. The van der Waals surface area contributed by atoms with Crippen LogP contribution in [-0.2, 0) is 20.0 Å². The summed E-state index contributed by atoms with van der Waals surface area (Å²) in [5.74, 6) is 0. The van der Waals surface area contributed by atoms with Crippen molar-refractivity contribution in [2.45, 2.75) is 58.7 Å². The van der Waals surface area contributed by atoms with Gasteiger partial charge >= 0.3 is 0 Å². The van der Waals surface area contributed by atoms with Crippen molar-refractivity contribution in [3.63, 3.8) is 0 Å². The van der Waals surface area contributed by atoms with Gasteiger partial charge < -0.3 is 5.32 Å². The zero-order chi connectivity index (χ0) is 14.0. The molecule has 2 heterocycles. The largest absolute Gasteiger partial charge is 0.311 e. The zero-order valence-corrected chi connectivity index (χ0v) is 13.0. The Kier molecular flexibility index (Phi) is 4.31. The van der Waals surface area contributed by atoms with E-state index in [1.165, 1.54) is 17.8 Å². The molecular formula is C15H28N4. The molecule has 1 fully saturated rings. The molecule has 4 nitrogen and oxygen atoms in total. The molecular weight excluding hydrogens is 236 g/mol. The van der Waals surface area contributed by atoms with Crippen LogP contribution in [0.1, 0.15) is 45.5 Å². The van der Waals surface area contributed by atoms with Crippen molar-refractivity contribution >= 4 is 0 Å². The summed E-state index contributed by atoms with van der Waals surface area (Å²) < 4.78 is 2.04. The van der Waals surface area contributed by atoms with Crippen molar-refractivity contribution < 1.29 is 0 Å². The van der Waals surface area contributed by atoms with Gasteiger partial charge in [0, 0.05) is 38.3 Å². The second-order valence-corrected chi connectivity index (χ2v) is 6.12. The molecule has 0 saturated carbocycles. The van der Waals surface area contributed by atoms with Gasteiger partial charge in [-0.3, -0.25) is 9.58 Å².